The summed E-state index contributed by atoms with van der Waals surface area (Å²) < 4.78 is 5.76. The molecule has 2 N–H and O–H groups in total. The zero-order valence-electron chi connectivity index (χ0n) is 10.1. The van der Waals surface area contributed by atoms with Crippen LogP contribution in [0.2, 0.25) is 5.02 Å². The van der Waals surface area contributed by atoms with Crippen molar-refractivity contribution in [3.8, 4) is 0 Å². The molecule has 100 valence electrons. The lowest BCUT2D eigenvalue weighted by atomic mass is 10.2. The van der Waals surface area contributed by atoms with Crippen molar-refractivity contribution in [2.24, 2.45) is 0 Å². The Labute approximate surface area is 120 Å². The normalized spacial score (nSPS) is 19.6. The van der Waals surface area contributed by atoms with E-state index < -0.39 is 0 Å². The summed E-state index contributed by atoms with van der Waals surface area (Å²) in [5, 5.41) is 3.55. The first-order chi connectivity index (χ1) is 9.24. The Morgan fingerprint density at radius 2 is 2.37 bits per heavy atom. The number of pyridine rings is 1. The predicted octanol–water partition coefficient (Wildman–Crippen LogP) is 2.35. The van der Waals surface area contributed by atoms with Crippen LogP contribution in [0, 0.1) is 0 Å². The van der Waals surface area contributed by atoms with Gasteiger partial charge >= 0.3 is 0 Å². The number of nitrogen functional groups attached to an aromatic ring is 1. The second-order valence-electron chi connectivity index (χ2n) is 4.24. The molecule has 0 bridgehead atoms. The third-order valence-corrected chi connectivity index (χ3v) is 4.15. The Hall–Kier alpha value is -1.37. The number of nitrogens with zero attached hydrogens (tertiary/aromatic N) is 3. The highest BCUT2D eigenvalue weighted by molar-refractivity contribution is 7.09. The summed E-state index contributed by atoms with van der Waals surface area (Å²) in [6.45, 7) is 2.14. The predicted molar refractivity (Wildman–Crippen MR) is 76.7 cm³/mol. The van der Waals surface area contributed by atoms with Crippen LogP contribution < -0.4 is 10.6 Å². The van der Waals surface area contributed by atoms with Crippen LogP contribution in [-0.4, -0.2) is 29.7 Å². The molecule has 1 saturated heterocycles. The van der Waals surface area contributed by atoms with Crippen molar-refractivity contribution in [1.29, 1.82) is 0 Å². The molecule has 1 aliphatic rings. The molecule has 1 fully saturated rings. The molecule has 1 atom stereocenters. The number of halogens is 1. The van der Waals surface area contributed by atoms with Crippen molar-refractivity contribution < 1.29 is 4.74 Å². The molecule has 0 aliphatic carbocycles. The van der Waals surface area contributed by atoms with Gasteiger partial charge in [0.05, 0.1) is 23.9 Å². The summed E-state index contributed by atoms with van der Waals surface area (Å²) in [7, 11) is 0. The van der Waals surface area contributed by atoms with Crippen molar-refractivity contribution in [2.45, 2.75) is 6.10 Å². The van der Waals surface area contributed by atoms with Crippen molar-refractivity contribution in [3.05, 3.63) is 33.9 Å². The van der Waals surface area contributed by atoms with Gasteiger partial charge in [-0.3, -0.25) is 0 Å². The summed E-state index contributed by atoms with van der Waals surface area (Å²) in [6, 6.07) is 1.80. The minimum Gasteiger partial charge on any atom is -0.384 e. The van der Waals surface area contributed by atoms with Crippen LogP contribution >= 0.6 is 22.9 Å². The van der Waals surface area contributed by atoms with Gasteiger partial charge in [0.2, 0.25) is 0 Å². The van der Waals surface area contributed by atoms with Crippen LogP contribution in [-0.2, 0) is 4.74 Å². The van der Waals surface area contributed by atoms with E-state index in [0.29, 0.717) is 17.4 Å². The Balaban J connectivity index is 1.83. The van der Waals surface area contributed by atoms with E-state index in [1.54, 1.807) is 29.8 Å². The molecule has 0 amide bonds. The number of hydrogen-bond donors (Lipinski definition) is 1. The van der Waals surface area contributed by atoms with E-state index in [1.807, 2.05) is 5.38 Å². The minimum absolute atomic E-state index is 0.0146. The average Bonchev–Trinajstić information content (AvgIpc) is 2.96. The van der Waals surface area contributed by atoms with Gasteiger partial charge in [0, 0.05) is 30.4 Å². The SMILES string of the molecule is Nc1cc(N2CCOC(c3nccs3)C2)c(Cl)cn1. The van der Waals surface area contributed by atoms with E-state index in [-0.39, 0.29) is 6.10 Å². The number of anilines is 2. The van der Waals surface area contributed by atoms with Crippen molar-refractivity contribution in [2.75, 3.05) is 30.3 Å². The quantitative estimate of drug-likeness (QED) is 0.921. The van der Waals surface area contributed by atoms with Gasteiger partial charge in [-0.25, -0.2) is 9.97 Å². The van der Waals surface area contributed by atoms with E-state index in [0.717, 1.165) is 23.8 Å². The van der Waals surface area contributed by atoms with Crippen molar-refractivity contribution in [3.63, 3.8) is 0 Å². The van der Waals surface area contributed by atoms with Crippen molar-refractivity contribution in [1.82, 2.24) is 9.97 Å². The topological polar surface area (TPSA) is 64.3 Å². The fourth-order valence-corrected chi connectivity index (χ4v) is 3.00. The monoisotopic (exact) mass is 296 g/mol. The molecular formula is C12H13ClN4OS. The number of aromatic nitrogens is 2. The maximum Gasteiger partial charge on any atom is 0.126 e. The lowest BCUT2D eigenvalue weighted by Crippen LogP contribution is -2.38. The number of thiazole rings is 1. The van der Waals surface area contributed by atoms with Gasteiger partial charge < -0.3 is 15.4 Å². The molecular weight excluding hydrogens is 284 g/mol. The van der Waals surface area contributed by atoms with E-state index in [4.69, 9.17) is 22.1 Å². The van der Waals surface area contributed by atoms with Crippen LogP contribution in [0.15, 0.2) is 23.8 Å². The largest absolute Gasteiger partial charge is 0.384 e. The van der Waals surface area contributed by atoms with E-state index in [9.17, 15) is 0 Å². The molecule has 0 spiro atoms. The minimum atomic E-state index is -0.0146. The van der Waals surface area contributed by atoms with Gasteiger partial charge in [0.15, 0.2) is 0 Å². The third kappa shape index (κ3) is 2.65. The maximum absolute atomic E-state index is 6.19. The maximum atomic E-state index is 6.19. The van der Waals surface area contributed by atoms with E-state index in [1.165, 1.54) is 0 Å². The smallest absolute Gasteiger partial charge is 0.126 e. The third-order valence-electron chi connectivity index (χ3n) is 2.99. The van der Waals surface area contributed by atoms with E-state index in [2.05, 4.69) is 14.9 Å². The van der Waals surface area contributed by atoms with Gasteiger partial charge in [-0.15, -0.1) is 11.3 Å². The number of rotatable bonds is 2. The average molecular weight is 297 g/mol. The number of hydrogen-bond acceptors (Lipinski definition) is 6. The molecule has 0 radical (unpaired) electrons. The highest BCUT2D eigenvalue weighted by atomic mass is 35.5. The molecule has 7 heteroatoms. The van der Waals surface area contributed by atoms with Crippen LogP contribution in [0.4, 0.5) is 11.5 Å². The summed E-state index contributed by atoms with van der Waals surface area (Å²) in [4.78, 5) is 10.4. The molecule has 3 rings (SSSR count). The second kappa shape index (κ2) is 5.32. The number of morpholine rings is 1. The summed E-state index contributed by atoms with van der Waals surface area (Å²) >= 11 is 7.79. The zero-order chi connectivity index (χ0) is 13.2. The van der Waals surface area contributed by atoms with Crippen LogP contribution in [0.5, 0.6) is 0 Å². The van der Waals surface area contributed by atoms with Gasteiger partial charge in [-0.2, -0.15) is 0 Å². The molecule has 2 aromatic rings. The molecule has 0 aromatic carbocycles. The summed E-state index contributed by atoms with van der Waals surface area (Å²) in [5.74, 6) is 0.469. The Kier molecular flexibility index (Phi) is 3.54. The van der Waals surface area contributed by atoms with Crippen LogP contribution in [0.25, 0.3) is 0 Å². The zero-order valence-corrected chi connectivity index (χ0v) is 11.7. The molecule has 0 saturated carbocycles. The first-order valence-electron chi connectivity index (χ1n) is 5.91. The van der Waals surface area contributed by atoms with Gasteiger partial charge in [-0.05, 0) is 0 Å². The molecule has 5 nitrogen and oxygen atoms in total. The number of nitrogens with two attached hydrogens (primary N) is 1. The van der Waals surface area contributed by atoms with Gasteiger partial charge in [0.1, 0.15) is 16.9 Å². The molecule has 2 aromatic heterocycles. The molecule has 3 heterocycles. The number of ether oxygens (including phenoxy) is 1. The van der Waals surface area contributed by atoms with Crippen LogP contribution in [0.3, 0.4) is 0 Å². The highest BCUT2D eigenvalue weighted by Gasteiger charge is 2.25. The molecule has 19 heavy (non-hydrogen) atoms. The second-order valence-corrected chi connectivity index (χ2v) is 5.57. The summed E-state index contributed by atoms with van der Waals surface area (Å²) in [6.07, 6.45) is 3.36. The lowest BCUT2D eigenvalue weighted by molar-refractivity contribution is 0.0396. The summed E-state index contributed by atoms with van der Waals surface area (Å²) in [5.41, 5.74) is 6.63. The molecule has 1 unspecified atom stereocenters. The Morgan fingerprint density at radius 1 is 1.47 bits per heavy atom. The van der Waals surface area contributed by atoms with Crippen molar-refractivity contribution >= 4 is 34.4 Å². The Morgan fingerprint density at radius 3 is 3.16 bits per heavy atom. The first-order valence-corrected chi connectivity index (χ1v) is 7.17. The van der Waals surface area contributed by atoms with E-state index >= 15 is 0 Å². The fraction of sp³-hybridized carbons (Fsp3) is 0.333. The first kappa shape index (κ1) is 12.7. The lowest BCUT2D eigenvalue weighted by Gasteiger charge is -2.34. The Bertz CT molecular complexity index is 563. The fourth-order valence-electron chi connectivity index (χ4n) is 2.10. The highest BCUT2D eigenvalue weighted by Crippen LogP contribution is 2.31. The molecule has 1 aliphatic heterocycles. The van der Waals surface area contributed by atoms with Gasteiger partial charge in [0.25, 0.3) is 0 Å². The van der Waals surface area contributed by atoms with Crippen LogP contribution in [0.1, 0.15) is 11.1 Å². The van der Waals surface area contributed by atoms with Gasteiger partial charge in [-0.1, -0.05) is 11.6 Å². The standard InChI is InChI=1S/C12H13ClN4OS/c13-8-6-16-11(14)5-9(8)17-2-3-18-10(7-17)12-15-1-4-19-12/h1,4-6,10H,2-3,7H2,(H2,14,16).